The van der Waals surface area contributed by atoms with Gasteiger partial charge in [0.1, 0.15) is 0 Å². The maximum atomic E-state index is 12.4. The minimum atomic E-state index is -0.216. The van der Waals surface area contributed by atoms with Crippen molar-refractivity contribution in [1.29, 1.82) is 0 Å². The summed E-state index contributed by atoms with van der Waals surface area (Å²) in [7, 11) is 0. The molecule has 0 aliphatic heterocycles. The van der Waals surface area contributed by atoms with Gasteiger partial charge in [0.05, 0.1) is 10.2 Å². The van der Waals surface area contributed by atoms with Gasteiger partial charge < -0.3 is 4.57 Å². The lowest BCUT2D eigenvalue weighted by Gasteiger charge is -2.03. The van der Waals surface area contributed by atoms with Crippen molar-refractivity contribution in [1.82, 2.24) is 4.57 Å². The topological polar surface area (TPSA) is 34.4 Å². The number of hydrogen-bond acceptors (Lipinski definition) is 2. The number of fused-ring (bicyclic) bond motifs is 1. The molecule has 0 saturated carbocycles. The quantitative estimate of drug-likeness (QED) is 0.664. The van der Waals surface area contributed by atoms with Crippen molar-refractivity contribution < 1.29 is 4.79 Å². The van der Waals surface area contributed by atoms with Gasteiger partial charge in [-0.15, -0.1) is 6.58 Å². The Morgan fingerprint density at radius 3 is 2.65 bits per heavy atom. The zero-order valence-corrected chi connectivity index (χ0v) is 14.1. The van der Waals surface area contributed by atoms with Crippen molar-refractivity contribution in [2.75, 3.05) is 0 Å². The van der Waals surface area contributed by atoms with Crippen molar-refractivity contribution in [2.45, 2.75) is 20.4 Å². The minimum Gasteiger partial charge on any atom is -0.312 e. The van der Waals surface area contributed by atoms with Gasteiger partial charge in [-0.25, -0.2) is 0 Å². The molecule has 0 unspecified atom stereocenters. The van der Waals surface area contributed by atoms with Crippen LogP contribution in [0.2, 0.25) is 0 Å². The van der Waals surface area contributed by atoms with Gasteiger partial charge in [0.15, 0.2) is 4.80 Å². The molecule has 3 nitrogen and oxygen atoms in total. The average molecular weight is 322 g/mol. The molecule has 0 radical (unpaired) electrons. The number of para-hydroxylation sites is 1. The molecule has 4 heteroatoms. The van der Waals surface area contributed by atoms with Crippen molar-refractivity contribution in [3.63, 3.8) is 0 Å². The highest BCUT2D eigenvalue weighted by Crippen LogP contribution is 2.21. The van der Waals surface area contributed by atoms with Crippen molar-refractivity contribution in [3.8, 4) is 0 Å². The van der Waals surface area contributed by atoms with E-state index < -0.39 is 0 Å². The maximum Gasteiger partial charge on any atom is 0.279 e. The predicted molar refractivity (Wildman–Crippen MR) is 95.8 cm³/mol. The second-order valence-corrected chi connectivity index (χ2v) is 6.50. The van der Waals surface area contributed by atoms with Gasteiger partial charge in [-0.05, 0) is 37.6 Å². The van der Waals surface area contributed by atoms with Gasteiger partial charge in [0, 0.05) is 12.1 Å². The first kappa shape index (κ1) is 15.4. The number of thiazole rings is 1. The van der Waals surface area contributed by atoms with E-state index >= 15 is 0 Å². The highest BCUT2D eigenvalue weighted by atomic mass is 32.1. The zero-order chi connectivity index (χ0) is 16.4. The van der Waals surface area contributed by atoms with Crippen LogP contribution in [-0.4, -0.2) is 10.5 Å². The molecule has 0 N–H and O–H groups in total. The molecule has 0 bridgehead atoms. The second-order valence-electron chi connectivity index (χ2n) is 5.49. The molecule has 0 saturated heterocycles. The number of rotatable bonds is 3. The molecule has 0 fully saturated rings. The number of benzene rings is 2. The molecule has 3 rings (SSSR count). The summed E-state index contributed by atoms with van der Waals surface area (Å²) in [5, 5.41) is 0. The van der Waals surface area contributed by atoms with E-state index in [9.17, 15) is 4.79 Å². The minimum absolute atomic E-state index is 0.216. The van der Waals surface area contributed by atoms with E-state index in [4.69, 9.17) is 0 Å². The lowest BCUT2D eigenvalue weighted by Crippen LogP contribution is -2.16. The van der Waals surface area contributed by atoms with E-state index in [1.54, 1.807) is 0 Å². The Kier molecular flexibility index (Phi) is 4.26. The Labute approximate surface area is 139 Å². The third-order valence-corrected chi connectivity index (χ3v) is 4.75. The molecule has 0 spiro atoms. The van der Waals surface area contributed by atoms with Crippen LogP contribution in [0, 0.1) is 13.8 Å². The Morgan fingerprint density at radius 1 is 1.22 bits per heavy atom. The lowest BCUT2D eigenvalue weighted by molar-refractivity contribution is 0.0998. The zero-order valence-electron chi connectivity index (χ0n) is 13.2. The summed E-state index contributed by atoms with van der Waals surface area (Å²) in [6.45, 7) is 8.52. The standard InChI is InChI=1S/C19H18N2OS/c1-4-12-21-17-14(3)6-5-7-16(17)23-19(21)20-18(22)15-10-8-13(2)9-11-15/h4-11H,1,12H2,2-3H3. The number of nitrogens with zero attached hydrogens (tertiary/aromatic N) is 2. The molecule has 0 aliphatic rings. The number of aryl methyl sites for hydroxylation is 2. The molecule has 3 aromatic rings. The van der Waals surface area contributed by atoms with Crippen LogP contribution >= 0.6 is 11.3 Å². The normalized spacial score (nSPS) is 11.8. The fourth-order valence-corrected chi connectivity index (χ4v) is 3.65. The van der Waals surface area contributed by atoms with Crippen LogP contribution in [0.4, 0.5) is 0 Å². The molecule has 0 aliphatic carbocycles. The number of amides is 1. The van der Waals surface area contributed by atoms with Gasteiger partial charge in [0.2, 0.25) is 0 Å². The van der Waals surface area contributed by atoms with E-state index in [1.165, 1.54) is 16.9 Å². The molecule has 1 heterocycles. The van der Waals surface area contributed by atoms with Gasteiger partial charge >= 0.3 is 0 Å². The highest BCUT2D eigenvalue weighted by Gasteiger charge is 2.10. The number of hydrogen-bond donors (Lipinski definition) is 0. The fourth-order valence-electron chi connectivity index (χ4n) is 2.54. The van der Waals surface area contributed by atoms with Crippen LogP contribution in [0.1, 0.15) is 21.5 Å². The van der Waals surface area contributed by atoms with Crippen LogP contribution in [-0.2, 0) is 6.54 Å². The van der Waals surface area contributed by atoms with Gasteiger partial charge in [-0.1, -0.05) is 47.2 Å². The summed E-state index contributed by atoms with van der Waals surface area (Å²) in [4.78, 5) is 17.5. The second kappa shape index (κ2) is 6.34. The van der Waals surface area contributed by atoms with E-state index in [2.05, 4.69) is 35.2 Å². The predicted octanol–water partition coefficient (Wildman–Crippen LogP) is 4.25. The first-order valence-electron chi connectivity index (χ1n) is 7.45. The van der Waals surface area contributed by atoms with Crippen LogP contribution in [0.15, 0.2) is 60.1 Å². The summed E-state index contributed by atoms with van der Waals surface area (Å²) in [6.07, 6.45) is 1.83. The Morgan fingerprint density at radius 2 is 1.96 bits per heavy atom. The van der Waals surface area contributed by atoms with Gasteiger partial charge in [-0.2, -0.15) is 4.99 Å². The van der Waals surface area contributed by atoms with Crippen LogP contribution in [0.3, 0.4) is 0 Å². The molecule has 116 valence electrons. The van der Waals surface area contributed by atoms with E-state index in [-0.39, 0.29) is 5.91 Å². The third kappa shape index (κ3) is 3.03. The molecule has 2 aromatic carbocycles. The molecular weight excluding hydrogens is 304 g/mol. The monoisotopic (exact) mass is 322 g/mol. The average Bonchev–Trinajstić information content (AvgIpc) is 2.87. The Balaban J connectivity index is 2.16. The van der Waals surface area contributed by atoms with E-state index in [1.807, 2.05) is 43.3 Å². The van der Waals surface area contributed by atoms with Crippen molar-refractivity contribution in [3.05, 3.63) is 76.6 Å². The van der Waals surface area contributed by atoms with Crippen molar-refractivity contribution >= 4 is 27.5 Å². The summed E-state index contributed by atoms with van der Waals surface area (Å²) in [5.74, 6) is -0.216. The summed E-state index contributed by atoms with van der Waals surface area (Å²) in [6, 6.07) is 13.6. The Bertz CT molecular complexity index is 946. The van der Waals surface area contributed by atoms with Crippen LogP contribution in [0.5, 0.6) is 0 Å². The first-order valence-corrected chi connectivity index (χ1v) is 8.27. The van der Waals surface area contributed by atoms with Crippen LogP contribution in [0.25, 0.3) is 10.2 Å². The smallest absolute Gasteiger partial charge is 0.279 e. The van der Waals surface area contributed by atoms with Crippen LogP contribution < -0.4 is 4.80 Å². The molecule has 1 amide bonds. The van der Waals surface area contributed by atoms with Gasteiger partial charge in [0.25, 0.3) is 5.91 Å². The van der Waals surface area contributed by atoms with Crippen molar-refractivity contribution in [2.24, 2.45) is 4.99 Å². The maximum absolute atomic E-state index is 12.4. The SMILES string of the molecule is C=CCn1c(=NC(=O)c2ccc(C)cc2)sc2cccc(C)c21. The largest absolute Gasteiger partial charge is 0.312 e. The number of aromatic nitrogens is 1. The Hall–Kier alpha value is -2.46. The number of carbonyl (C=O) groups excluding carboxylic acids is 1. The highest BCUT2D eigenvalue weighted by molar-refractivity contribution is 7.16. The first-order chi connectivity index (χ1) is 11.1. The summed E-state index contributed by atoms with van der Waals surface area (Å²) in [5.41, 5.74) is 4.02. The molecular formula is C19H18N2OS. The fraction of sp³-hybridized carbons (Fsp3) is 0.158. The molecule has 1 aromatic heterocycles. The third-order valence-electron chi connectivity index (χ3n) is 3.71. The summed E-state index contributed by atoms with van der Waals surface area (Å²) < 4.78 is 3.18. The van der Waals surface area contributed by atoms with Gasteiger partial charge in [-0.3, -0.25) is 4.79 Å². The van der Waals surface area contributed by atoms with E-state index in [0.717, 1.165) is 15.8 Å². The molecule has 23 heavy (non-hydrogen) atoms. The van der Waals surface area contributed by atoms with E-state index in [0.29, 0.717) is 16.9 Å². The summed E-state index contributed by atoms with van der Waals surface area (Å²) >= 11 is 1.53. The number of carbonyl (C=O) groups is 1. The lowest BCUT2D eigenvalue weighted by atomic mass is 10.1. The number of allylic oxidation sites excluding steroid dienone is 1. The molecule has 0 atom stereocenters.